The smallest absolute Gasteiger partial charge is 0.330 e. The third-order valence-corrected chi connectivity index (χ3v) is 13.0. The zero-order valence-corrected chi connectivity index (χ0v) is 25.2. The molecule has 0 saturated heterocycles. The van der Waals surface area contributed by atoms with Crippen LogP contribution in [-0.2, 0) is 19.1 Å². The predicted molar refractivity (Wildman–Crippen MR) is 150 cm³/mol. The summed E-state index contributed by atoms with van der Waals surface area (Å²) >= 11 is 0. The van der Waals surface area contributed by atoms with Crippen LogP contribution in [0, 0.1) is 50.2 Å². The van der Waals surface area contributed by atoms with E-state index in [1.165, 1.54) is 5.57 Å². The average Bonchev–Trinajstić information content (AvgIpc) is 2.82. The fraction of sp³-hybridized carbons (Fsp3) is 0.794. The van der Waals surface area contributed by atoms with Crippen LogP contribution in [0.2, 0.25) is 0 Å². The van der Waals surface area contributed by atoms with Gasteiger partial charge in [-0.1, -0.05) is 60.1 Å². The quantitative estimate of drug-likeness (QED) is 0.282. The van der Waals surface area contributed by atoms with E-state index in [1.807, 2.05) is 6.92 Å². The maximum Gasteiger partial charge on any atom is 0.330 e. The minimum absolute atomic E-state index is 0.0465. The molecule has 0 aromatic carbocycles. The summed E-state index contributed by atoms with van der Waals surface area (Å²) in [5.41, 5.74) is 0.729. The largest absolute Gasteiger partial charge is 0.463 e. The van der Waals surface area contributed by atoms with Crippen molar-refractivity contribution in [2.45, 2.75) is 113 Å². The summed E-state index contributed by atoms with van der Waals surface area (Å²) in [7, 11) is 0. The summed E-state index contributed by atoms with van der Waals surface area (Å²) in [5.74, 6) is 0.863. The molecule has 4 fully saturated rings. The van der Waals surface area contributed by atoms with Crippen molar-refractivity contribution < 1.29 is 19.1 Å². The van der Waals surface area contributed by atoms with Gasteiger partial charge < -0.3 is 4.74 Å². The highest BCUT2D eigenvalue weighted by Crippen LogP contribution is 2.75. The molecule has 4 heteroatoms. The first-order chi connectivity index (χ1) is 17.6. The van der Waals surface area contributed by atoms with Crippen LogP contribution in [0.4, 0.5) is 0 Å². The first-order valence-electron chi connectivity index (χ1n) is 15.2. The molecule has 0 aliphatic heterocycles. The lowest BCUT2D eigenvalue weighted by molar-refractivity contribution is -0.169. The molecular formula is C34H50O4. The Morgan fingerprint density at radius 2 is 1.66 bits per heavy atom. The summed E-state index contributed by atoms with van der Waals surface area (Å²) < 4.78 is 5.24. The second-order valence-corrected chi connectivity index (χ2v) is 15.6. The molecule has 5 rings (SSSR count). The van der Waals surface area contributed by atoms with Gasteiger partial charge >= 0.3 is 5.97 Å². The van der Waals surface area contributed by atoms with Crippen LogP contribution in [-0.4, -0.2) is 24.1 Å². The number of hydrogen-bond donors (Lipinski definition) is 0. The van der Waals surface area contributed by atoms with Gasteiger partial charge in [0.05, 0.1) is 6.61 Å². The first kappa shape index (κ1) is 27.8. The maximum absolute atomic E-state index is 14.5. The number of esters is 1. The highest BCUT2D eigenvalue weighted by Gasteiger charge is 2.69. The molecule has 0 radical (unpaired) electrons. The van der Waals surface area contributed by atoms with Crippen molar-refractivity contribution in [2.75, 3.05) is 6.61 Å². The lowest BCUT2D eigenvalue weighted by atomic mass is 9.34. The first-order valence-corrected chi connectivity index (χ1v) is 15.2. The van der Waals surface area contributed by atoms with Crippen LogP contribution < -0.4 is 0 Å². The van der Waals surface area contributed by atoms with Crippen LogP contribution in [0.3, 0.4) is 0 Å². The van der Waals surface area contributed by atoms with Crippen LogP contribution in [0.25, 0.3) is 0 Å². The highest BCUT2D eigenvalue weighted by atomic mass is 16.5. The van der Waals surface area contributed by atoms with E-state index < -0.39 is 0 Å². The van der Waals surface area contributed by atoms with Gasteiger partial charge in [0.15, 0.2) is 5.78 Å². The third kappa shape index (κ3) is 3.70. The van der Waals surface area contributed by atoms with Gasteiger partial charge in [-0.3, -0.25) is 9.59 Å². The van der Waals surface area contributed by atoms with Gasteiger partial charge in [0.2, 0.25) is 0 Å². The van der Waals surface area contributed by atoms with Crippen LogP contribution in [0.5, 0.6) is 0 Å². The summed E-state index contributed by atoms with van der Waals surface area (Å²) in [6.07, 6.45) is 14.6. The second-order valence-electron chi connectivity index (χ2n) is 15.6. The number of fused-ring (bicyclic) bond motifs is 7. The molecule has 0 N–H and O–H groups in total. The maximum atomic E-state index is 14.5. The highest BCUT2D eigenvalue weighted by molar-refractivity contribution is 5.96. The number of ether oxygens (including phenoxy) is 1. The van der Waals surface area contributed by atoms with Crippen molar-refractivity contribution in [3.8, 4) is 0 Å². The van der Waals surface area contributed by atoms with Crippen molar-refractivity contribution in [1.82, 2.24) is 0 Å². The van der Waals surface area contributed by atoms with E-state index in [-0.39, 0.29) is 56.2 Å². The van der Waals surface area contributed by atoms with E-state index in [0.29, 0.717) is 24.6 Å². The fourth-order valence-electron chi connectivity index (χ4n) is 10.6. The van der Waals surface area contributed by atoms with Crippen molar-refractivity contribution in [2.24, 2.45) is 50.2 Å². The van der Waals surface area contributed by atoms with Crippen molar-refractivity contribution in [1.29, 1.82) is 0 Å². The van der Waals surface area contributed by atoms with E-state index in [4.69, 9.17) is 4.74 Å². The molecule has 0 unspecified atom stereocenters. The number of carbonyl (C=O) groups is 3. The summed E-state index contributed by atoms with van der Waals surface area (Å²) in [4.78, 5) is 39.8. The van der Waals surface area contributed by atoms with Gasteiger partial charge in [0.25, 0.3) is 0 Å². The zero-order chi connectivity index (χ0) is 27.9. The van der Waals surface area contributed by atoms with Crippen molar-refractivity contribution in [3.05, 3.63) is 23.8 Å². The Balaban J connectivity index is 1.61. The lowest BCUT2D eigenvalue weighted by Crippen LogP contribution is -2.65. The molecule has 4 saturated carbocycles. The molecule has 0 aromatic rings. The second kappa shape index (κ2) is 8.64. The summed E-state index contributed by atoms with van der Waals surface area (Å²) in [6.45, 7) is 18.4. The van der Waals surface area contributed by atoms with Gasteiger partial charge in [0.1, 0.15) is 5.78 Å². The molecule has 0 bridgehead atoms. The predicted octanol–water partition coefficient (Wildman–Crippen LogP) is 7.66. The van der Waals surface area contributed by atoms with Crippen LogP contribution in [0.15, 0.2) is 23.8 Å². The van der Waals surface area contributed by atoms with E-state index >= 15 is 0 Å². The molecule has 0 aromatic heterocycles. The van der Waals surface area contributed by atoms with E-state index in [1.54, 1.807) is 6.08 Å². The molecule has 5 aliphatic rings. The Morgan fingerprint density at radius 1 is 0.974 bits per heavy atom. The molecule has 0 spiro atoms. The fourth-order valence-corrected chi connectivity index (χ4v) is 10.6. The Morgan fingerprint density at radius 3 is 2.34 bits per heavy atom. The molecule has 0 amide bonds. The topological polar surface area (TPSA) is 60.4 Å². The zero-order valence-electron chi connectivity index (χ0n) is 25.2. The number of Topliss-reactive ketones (excluding diaryl/α,β-unsaturated/α-hetero) is 1. The Labute approximate surface area is 230 Å². The van der Waals surface area contributed by atoms with Gasteiger partial charge in [-0.2, -0.15) is 0 Å². The van der Waals surface area contributed by atoms with Crippen molar-refractivity contribution in [3.63, 3.8) is 0 Å². The Bertz CT molecular complexity index is 1110. The molecule has 5 aliphatic carbocycles. The molecule has 38 heavy (non-hydrogen) atoms. The van der Waals surface area contributed by atoms with Gasteiger partial charge in [-0.05, 0) is 103 Å². The Kier molecular flexibility index (Phi) is 6.33. The SMILES string of the molecule is CCOC(=O)/C=C/[C@]12CCC(C)(C)C[C@H]1[C@H]1C(=O)C=C3[C@@]4(C)CCC(=O)C(C)(C)[C@@H]4CC[C@@]3(C)[C@]1(C)CC2. The number of rotatable bonds is 3. The van der Waals surface area contributed by atoms with E-state index in [0.717, 1.165) is 51.4 Å². The number of hydrogen-bond acceptors (Lipinski definition) is 4. The molecule has 0 heterocycles. The number of allylic oxidation sites excluding steroid dienone is 3. The minimum atomic E-state index is -0.344. The summed E-state index contributed by atoms with van der Waals surface area (Å²) in [6, 6.07) is 0. The van der Waals surface area contributed by atoms with Crippen LogP contribution >= 0.6 is 0 Å². The van der Waals surface area contributed by atoms with E-state index in [9.17, 15) is 14.4 Å². The van der Waals surface area contributed by atoms with E-state index in [2.05, 4.69) is 60.6 Å². The third-order valence-electron chi connectivity index (χ3n) is 13.0. The molecular weight excluding hydrogens is 472 g/mol. The lowest BCUT2D eigenvalue weighted by Gasteiger charge is -2.69. The molecule has 210 valence electrons. The number of carbonyl (C=O) groups excluding carboxylic acids is 3. The molecule has 4 nitrogen and oxygen atoms in total. The standard InChI is InChI=1S/C34H50O4/c1-9-38-27(37)12-15-34-18-16-29(2,3)21-22(34)28-23(35)20-25-31(6)13-11-26(36)30(4,5)24(31)10-14-32(25,7)33(28,8)17-19-34/h12,15,20,22,24,28H,9-11,13-14,16-19,21H2,1-8H3/b15-12+/t22-,24-,28-,31-,32+,33+,34+/m0/s1. The molecule has 7 atom stereocenters. The summed E-state index contributed by atoms with van der Waals surface area (Å²) in [5, 5.41) is 0. The normalized spacial score (nSPS) is 45.4. The average molecular weight is 523 g/mol. The minimum Gasteiger partial charge on any atom is -0.463 e. The van der Waals surface area contributed by atoms with Gasteiger partial charge in [-0.25, -0.2) is 4.79 Å². The van der Waals surface area contributed by atoms with Crippen LogP contribution in [0.1, 0.15) is 113 Å². The number of ketones is 2. The monoisotopic (exact) mass is 522 g/mol. The Hall–Kier alpha value is -1.71. The van der Waals surface area contributed by atoms with Gasteiger partial charge in [0, 0.05) is 23.8 Å². The van der Waals surface area contributed by atoms with Gasteiger partial charge in [-0.15, -0.1) is 0 Å². The van der Waals surface area contributed by atoms with Crippen molar-refractivity contribution >= 4 is 17.5 Å².